The Morgan fingerprint density at radius 1 is 1.50 bits per heavy atom. The molecule has 2 heteroatoms. The summed E-state index contributed by atoms with van der Waals surface area (Å²) >= 11 is 0. The van der Waals surface area contributed by atoms with Gasteiger partial charge in [-0.2, -0.15) is 0 Å². The second-order valence-corrected chi connectivity index (χ2v) is 3.48. The lowest BCUT2D eigenvalue weighted by molar-refractivity contribution is 0.202. The third kappa shape index (κ3) is 2.84. The third-order valence-corrected chi connectivity index (χ3v) is 2.51. The van der Waals surface area contributed by atoms with E-state index >= 15 is 0 Å². The molecule has 1 saturated heterocycles. The molecule has 0 unspecified atom stereocenters. The summed E-state index contributed by atoms with van der Waals surface area (Å²) < 4.78 is 0. The molecule has 2 nitrogen and oxygen atoms in total. The van der Waals surface area contributed by atoms with E-state index in [1.807, 2.05) is 7.05 Å². The highest BCUT2D eigenvalue weighted by molar-refractivity contribution is 4.89. The SMILES string of the molecule is C#CCN1CCC(CNC)CC1. The third-order valence-electron chi connectivity index (χ3n) is 2.51. The summed E-state index contributed by atoms with van der Waals surface area (Å²) in [4.78, 5) is 2.35. The normalized spacial score (nSPS) is 20.7. The maximum Gasteiger partial charge on any atom is 0.0598 e. The van der Waals surface area contributed by atoms with Crippen molar-refractivity contribution in [2.24, 2.45) is 5.92 Å². The van der Waals surface area contributed by atoms with Crippen molar-refractivity contribution >= 4 is 0 Å². The topological polar surface area (TPSA) is 15.3 Å². The number of piperidine rings is 1. The monoisotopic (exact) mass is 166 g/mol. The maximum atomic E-state index is 5.25. The number of hydrogen-bond acceptors (Lipinski definition) is 2. The molecule has 0 aromatic heterocycles. The summed E-state index contributed by atoms with van der Waals surface area (Å²) in [6, 6.07) is 0. The van der Waals surface area contributed by atoms with Crippen LogP contribution in [0.15, 0.2) is 0 Å². The molecule has 0 radical (unpaired) electrons. The van der Waals surface area contributed by atoms with Gasteiger partial charge in [0.2, 0.25) is 0 Å². The lowest BCUT2D eigenvalue weighted by Crippen LogP contribution is -2.36. The van der Waals surface area contributed by atoms with E-state index in [2.05, 4.69) is 16.1 Å². The Bertz CT molecular complexity index is 152. The fourth-order valence-electron chi connectivity index (χ4n) is 1.77. The zero-order chi connectivity index (χ0) is 8.81. The lowest BCUT2D eigenvalue weighted by atomic mass is 9.97. The summed E-state index contributed by atoms with van der Waals surface area (Å²) in [5, 5.41) is 3.23. The van der Waals surface area contributed by atoms with Crippen LogP contribution in [0.3, 0.4) is 0 Å². The summed E-state index contributed by atoms with van der Waals surface area (Å²) in [7, 11) is 2.02. The minimum absolute atomic E-state index is 0.826. The zero-order valence-corrected chi connectivity index (χ0v) is 7.84. The van der Waals surface area contributed by atoms with Crippen molar-refractivity contribution in [2.75, 3.05) is 33.2 Å². The molecule has 0 amide bonds. The highest BCUT2D eigenvalue weighted by atomic mass is 15.1. The van der Waals surface area contributed by atoms with Crippen LogP contribution < -0.4 is 5.32 Å². The molecular weight excluding hydrogens is 148 g/mol. The predicted octanol–water partition coefficient (Wildman–Crippen LogP) is 0.551. The molecular formula is C10H18N2. The van der Waals surface area contributed by atoms with Crippen LogP contribution in [0.4, 0.5) is 0 Å². The van der Waals surface area contributed by atoms with Crippen molar-refractivity contribution in [3.63, 3.8) is 0 Å². The first-order valence-corrected chi connectivity index (χ1v) is 4.67. The Hall–Kier alpha value is -0.520. The van der Waals surface area contributed by atoms with E-state index in [0.29, 0.717) is 0 Å². The van der Waals surface area contributed by atoms with E-state index in [-0.39, 0.29) is 0 Å². The highest BCUT2D eigenvalue weighted by Gasteiger charge is 2.17. The van der Waals surface area contributed by atoms with E-state index in [1.54, 1.807) is 0 Å². The molecule has 0 aromatic carbocycles. The predicted molar refractivity (Wildman–Crippen MR) is 51.9 cm³/mol. The van der Waals surface area contributed by atoms with Gasteiger partial charge in [-0.15, -0.1) is 6.42 Å². The molecule has 0 aliphatic carbocycles. The van der Waals surface area contributed by atoms with Crippen LogP contribution in [0.1, 0.15) is 12.8 Å². The van der Waals surface area contributed by atoms with Crippen LogP contribution in [0.25, 0.3) is 0 Å². The zero-order valence-electron chi connectivity index (χ0n) is 7.84. The van der Waals surface area contributed by atoms with Crippen molar-refractivity contribution in [1.29, 1.82) is 0 Å². The lowest BCUT2D eigenvalue weighted by Gasteiger charge is -2.30. The van der Waals surface area contributed by atoms with Gasteiger partial charge in [0.15, 0.2) is 0 Å². The van der Waals surface area contributed by atoms with Crippen LogP contribution in [-0.2, 0) is 0 Å². The fraction of sp³-hybridized carbons (Fsp3) is 0.800. The van der Waals surface area contributed by atoms with Crippen molar-refractivity contribution in [3.8, 4) is 12.3 Å². The minimum atomic E-state index is 0.826. The van der Waals surface area contributed by atoms with Crippen LogP contribution in [0.5, 0.6) is 0 Å². The molecule has 1 fully saturated rings. The molecule has 1 N–H and O–H groups in total. The quantitative estimate of drug-likeness (QED) is 0.616. The van der Waals surface area contributed by atoms with Gasteiger partial charge in [-0.25, -0.2) is 0 Å². The van der Waals surface area contributed by atoms with Crippen LogP contribution in [0, 0.1) is 18.3 Å². The summed E-state index contributed by atoms with van der Waals surface area (Å²) in [6.45, 7) is 4.34. The molecule has 1 aliphatic heterocycles. The Balaban J connectivity index is 2.16. The smallest absolute Gasteiger partial charge is 0.0598 e. The van der Waals surface area contributed by atoms with Crippen LogP contribution in [-0.4, -0.2) is 38.1 Å². The molecule has 0 spiro atoms. The van der Waals surface area contributed by atoms with Gasteiger partial charge in [0.25, 0.3) is 0 Å². The van der Waals surface area contributed by atoms with E-state index in [0.717, 1.165) is 19.0 Å². The van der Waals surface area contributed by atoms with Gasteiger partial charge in [-0.1, -0.05) is 5.92 Å². The molecule has 0 atom stereocenters. The van der Waals surface area contributed by atoms with E-state index in [9.17, 15) is 0 Å². The Morgan fingerprint density at radius 3 is 2.67 bits per heavy atom. The number of rotatable bonds is 3. The van der Waals surface area contributed by atoms with Crippen molar-refractivity contribution in [1.82, 2.24) is 10.2 Å². The van der Waals surface area contributed by atoms with Gasteiger partial charge in [0.1, 0.15) is 0 Å². The van der Waals surface area contributed by atoms with Crippen molar-refractivity contribution < 1.29 is 0 Å². The minimum Gasteiger partial charge on any atom is -0.319 e. The van der Waals surface area contributed by atoms with E-state index in [1.165, 1.54) is 25.9 Å². The van der Waals surface area contributed by atoms with E-state index in [4.69, 9.17) is 6.42 Å². The summed E-state index contributed by atoms with van der Waals surface area (Å²) in [5.41, 5.74) is 0. The van der Waals surface area contributed by atoms with Gasteiger partial charge in [-0.05, 0) is 45.4 Å². The average Bonchev–Trinajstić information content (AvgIpc) is 2.09. The van der Waals surface area contributed by atoms with Crippen LogP contribution in [0.2, 0.25) is 0 Å². The number of nitrogens with zero attached hydrogens (tertiary/aromatic N) is 1. The Kier molecular flexibility index (Phi) is 4.13. The Morgan fingerprint density at radius 2 is 2.17 bits per heavy atom. The second kappa shape index (κ2) is 5.18. The van der Waals surface area contributed by atoms with Gasteiger partial charge < -0.3 is 5.32 Å². The Labute approximate surface area is 75.3 Å². The first-order valence-electron chi connectivity index (χ1n) is 4.67. The standard InChI is InChI=1S/C10H18N2/c1-3-6-12-7-4-10(5-8-12)9-11-2/h1,10-11H,4-9H2,2H3. The maximum absolute atomic E-state index is 5.25. The van der Waals surface area contributed by atoms with Crippen molar-refractivity contribution in [2.45, 2.75) is 12.8 Å². The number of hydrogen-bond donors (Lipinski definition) is 1. The van der Waals surface area contributed by atoms with E-state index < -0.39 is 0 Å². The highest BCUT2D eigenvalue weighted by Crippen LogP contribution is 2.15. The van der Waals surface area contributed by atoms with Gasteiger partial charge >= 0.3 is 0 Å². The molecule has 12 heavy (non-hydrogen) atoms. The molecule has 68 valence electrons. The average molecular weight is 166 g/mol. The molecule has 0 bridgehead atoms. The first kappa shape index (κ1) is 9.57. The molecule has 1 heterocycles. The van der Waals surface area contributed by atoms with Gasteiger partial charge in [-0.3, -0.25) is 4.90 Å². The van der Waals surface area contributed by atoms with Crippen molar-refractivity contribution in [3.05, 3.63) is 0 Å². The fourth-order valence-corrected chi connectivity index (χ4v) is 1.77. The van der Waals surface area contributed by atoms with Gasteiger partial charge in [0, 0.05) is 0 Å². The van der Waals surface area contributed by atoms with Gasteiger partial charge in [0.05, 0.1) is 6.54 Å². The first-order chi connectivity index (χ1) is 5.86. The largest absolute Gasteiger partial charge is 0.319 e. The molecule has 1 rings (SSSR count). The number of terminal acetylenes is 1. The molecule has 0 saturated carbocycles. The summed E-state index contributed by atoms with van der Waals surface area (Å²) in [5.74, 6) is 3.56. The molecule has 0 aromatic rings. The second-order valence-electron chi connectivity index (χ2n) is 3.48. The molecule has 1 aliphatic rings. The summed E-state index contributed by atoms with van der Waals surface area (Å²) in [6.07, 6.45) is 7.84. The number of likely N-dealkylation sites (tertiary alicyclic amines) is 1. The van der Waals surface area contributed by atoms with Crippen LogP contribution >= 0.6 is 0 Å². The number of nitrogens with one attached hydrogen (secondary N) is 1.